The van der Waals surface area contributed by atoms with Crippen molar-refractivity contribution < 1.29 is 9.53 Å². The molecule has 1 heterocycles. The normalized spacial score (nSPS) is 10.4. The molecule has 0 aliphatic heterocycles. The van der Waals surface area contributed by atoms with E-state index >= 15 is 0 Å². The molecule has 2 rings (SSSR count). The summed E-state index contributed by atoms with van der Waals surface area (Å²) in [5.74, 6) is 0.860. The van der Waals surface area contributed by atoms with Crippen molar-refractivity contribution >= 4 is 28.7 Å². The molecule has 0 aliphatic carbocycles. The Morgan fingerprint density at radius 3 is 2.95 bits per heavy atom. The van der Waals surface area contributed by atoms with Crippen molar-refractivity contribution in [2.75, 3.05) is 6.61 Å². The van der Waals surface area contributed by atoms with Crippen LogP contribution in [0.4, 0.5) is 0 Å². The average Bonchev–Trinajstić information content (AvgIpc) is 2.92. The third-order valence-electron chi connectivity index (χ3n) is 2.69. The van der Waals surface area contributed by atoms with E-state index in [9.17, 15) is 4.79 Å². The van der Waals surface area contributed by atoms with Crippen LogP contribution in [0.1, 0.15) is 28.1 Å². The average molecular weight is 295 g/mol. The molecule has 0 aliphatic rings. The number of ether oxygens (including phenoxy) is 1. The summed E-state index contributed by atoms with van der Waals surface area (Å²) in [5, 5.41) is 2.52. The van der Waals surface area contributed by atoms with E-state index in [1.165, 1.54) is 11.3 Å². The van der Waals surface area contributed by atoms with Gasteiger partial charge < -0.3 is 4.74 Å². The molecule has 0 unspecified atom stereocenters. The van der Waals surface area contributed by atoms with Gasteiger partial charge in [0.05, 0.1) is 16.5 Å². The Morgan fingerprint density at radius 1 is 1.37 bits per heavy atom. The van der Waals surface area contributed by atoms with Crippen molar-refractivity contribution in [3.8, 4) is 5.75 Å². The smallest absolute Gasteiger partial charge is 0.172 e. The van der Waals surface area contributed by atoms with E-state index in [1.54, 1.807) is 0 Å². The van der Waals surface area contributed by atoms with E-state index < -0.39 is 0 Å². The zero-order valence-electron chi connectivity index (χ0n) is 10.7. The molecule has 19 heavy (non-hydrogen) atoms. The van der Waals surface area contributed by atoms with Gasteiger partial charge in [-0.05, 0) is 42.5 Å². The second-order valence-electron chi connectivity index (χ2n) is 4.29. The van der Waals surface area contributed by atoms with Gasteiger partial charge in [-0.2, -0.15) is 0 Å². The fourth-order valence-corrected chi connectivity index (χ4v) is 2.56. The van der Waals surface area contributed by atoms with Crippen LogP contribution in [0.25, 0.3) is 0 Å². The van der Waals surface area contributed by atoms with E-state index in [0.717, 1.165) is 10.4 Å². The van der Waals surface area contributed by atoms with Crippen LogP contribution in [-0.4, -0.2) is 12.4 Å². The van der Waals surface area contributed by atoms with Gasteiger partial charge in [0.15, 0.2) is 5.78 Å². The maximum absolute atomic E-state index is 11.8. The third kappa shape index (κ3) is 4.08. The van der Waals surface area contributed by atoms with E-state index in [0.29, 0.717) is 30.2 Å². The van der Waals surface area contributed by atoms with Crippen LogP contribution in [0.2, 0.25) is 5.02 Å². The first-order valence-electron chi connectivity index (χ1n) is 6.12. The molecular formula is C15H15ClO2S. The van der Waals surface area contributed by atoms with Crippen molar-refractivity contribution in [2.24, 2.45) is 0 Å². The molecule has 0 saturated heterocycles. The summed E-state index contributed by atoms with van der Waals surface area (Å²) < 4.78 is 5.60. The Hall–Kier alpha value is -1.32. The molecule has 0 N–H and O–H groups in total. The largest absolute Gasteiger partial charge is 0.492 e. The van der Waals surface area contributed by atoms with Crippen molar-refractivity contribution in [2.45, 2.75) is 19.8 Å². The number of thiophene rings is 1. The highest BCUT2D eigenvalue weighted by molar-refractivity contribution is 7.12. The van der Waals surface area contributed by atoms with E-state index in [1.807, 2.05) is 42.6 Å². The van der Waals surface area contributed by atoms with Crippen molar-refractivity contribution in [3.05, 3.63) is 51.2 Å². The number of halogens is 1. The van der Waals surface area contributed by atoms with Crippen LogP contribution < -0.4 is 4.74 Å². The number of carbonyl (C=O) groups excluding carboxylic acids is 1. The standard InChI is InChI=1S/C15H15ClO2S/c1-11-6-7-12(16)14(10-11)18-8-2-4-13(17)15-5-3-9-19-15/h3,5-7,9-10H,2,4,8H2,1H3. The van der Waals surface area contributed by atoms with Gasteiger partial charge in [-0.1, -0.05) is 23.7 Å². The van der Waals surface area contributed by atoms with Crippen LogP contribution in [0.15, 0.2) is 35.7 Å². The van der Waals surface area contributed by atoms with E-state index in [2.05, 4.69) is 0 Å². The second kappa shape index (κ2) is 6.73. The first-order chi connectivity index (χ1) is 9.16. The molecule has 2 nitrogen and oxygen atoms in total. The molecule has 0 fully saturated rings. The number of hydrogen-bond donors (Lipinski definition) is 0. The minimum atomic E-state index is 0.175. The lowest BCUT2D eigenvalue weighted by Crippen LogP contribution is -2.03. The maximum Gasteiger partial charge on any atom is 0.172 e. The molecule has 0 saturated carbocycles. The molecule has 0 atom stereocenters. The molecule has 0 radical (unpaired) electrons. The number of aryl methyl sites for hydroxylation is 1. The quantitative estimate of drug-likeness (QED) is 0.567. The zero-order valence-corrected chi connectivity index (χ0v) is 12.3. The predicted molar refractivity (Wildman–Crippen MR) is 79.6 cm³/mol. The molecule has 0 spiro atoms. The molecule has 0 amide bonds. The topological polar surface area (TPSA) is 26.3 Å². The van der Waals surface area contributed by atoms with Gasteiger partial charge in [0, 0.05) is 6.42 Å². The number of benzene rings is 1. The van der Waals surface area contributed by atoms with Gasteiger partial charge in [-0.25, -0.2) is 0 Å². The monoisotopic (exact) mass is 294 g/mol. The lowest BCUT2D eigenvalue weighted by Gasteiger charge is -2.08. The SMILES string of the molecule is Cc1ccc(Cl)c(OCCCC(=O)c2cccs2)c1. The van der Waals surface area contributed by atoms with Gasteiger partial charge >= 0.3 is 0 Å². The Labute approximate surface area is 122 Å². The Balaban J connectivity index is 1.78. The lowest BCUT2D eigenvalue weighted by atomic mass is 10.2. The fourth-order valence-electron chi connectivity index (χ4n) is 1.70. The van der Waals surface area contributed by atoms with Gasteiger partial charge in [0.25, 0.3) is 0 Å². The van der Waals surface area contributed by atoms with Crippen LogP contribution >= 0.6 is 22.9 Å². The first-order valence-corrected chi connectivity index (χ1v) is 7.38. The molecule has 1 aromatic heterocycles. The minimum Gasteiger partial charge on any atom is -0.492 e. The highest BCUT2D eigenvalue weighted by atomic mass is 35.5. The lowest BCUT2D eigenvalue weighted by molar-refractivity contribution is 0.0977. The second-order valence-corrected chi connectivity index (χ2v) is 5.64. The maximum atomic E-state index is 11.8. The Morgan fingerprint density at radius 2 is 2.21 bits per heavy atom. The van der Waals surface area contributed by atoms with Crippen LogP contribution in [-0.2, 0) is 0 Å². The third-order valence-corrected chi connectivity index (χ3v) is 3.91. The molecule has 0 bridgehead atoms. The molecule has 1 aromatic carbocycles. The van der Waals surface area contributed by atoms with Crippen molar-refractivity contribution in [1.82, 2.24) is 0 Å². The summed E-state index contributed by atoms with van der Waals surface area (Å²) in [5.41, 5.74) is 1.11. The molecule has 4 heteroatoms. The predicted octanol–water partition coefficient (Wildman–Crippen LogP) is 4.75. The summed E-state index contributed by atoms with van der Waals surface area (Å²) in [4.78, 5) is 12.6. The highest BCUT2D eigenvalue weighted by Crippen LogP contribution is 2.25. The van der Waals surface area contributed by atoms with Crippen molar-refractivity contribution in [3.63, 3.8) is 0 Å². The first kappa shape index (κ1) is 14.1. The van der Waals surface area contributed by atoms with Gasteiger partial charge in [-0.3, -0.25) is 4.79 Å². The van der Waals surface area contributed by atoms with Crippen LogP contribution in [0.5, 0.6) is 5.75 Å². The van der Waals surface area contributed by atoms with Crippen molar-refractivity contribution in [1.29, 1.82) is 0 Å². The summed E-state index contributed by atoms with van der Waals surface area (Å²) in [6.07, 6.45) is 1.20. The highest BCUT2D eigenvalue weighted by Gasteiger charge is 2.07. The van der Waals surface area contributed by atoms with Gasteiger partial charge in [-0.15, -0.1) is 11.3 Å². The van der Waals surface area contributed by atoms with Crippen LogP contribution in [0.3, 0.4) is 0 Å². The molecular weight excluding hydrogens is 280 g/mol. The fraction of sp³-hybridized carbons (Fsp3) is 0.267. The minimum absolute atomic E-state index is 0.175. The van der Waals surface area contributed by atoms with Gasteiger partial charge in [0.1, 0.15) is 5.75 Å². The van der Waals surface area contributed by atoms with E-state index in [4.69, 9.17) is 16.3 Å². The van der Waals surface area contributed by atoms with Crippen LogP contribution in [0, 0.1) is 6.92 Å². The summed E-state index contributed by atoms with van der Waals surface area (Å²) in [7, 11) is 0. The number of carbonyl (C=O) groups is 1. The number of hydrogen-bond acceptors (Lipinski definition) is 3. The molecule has 100 valence electrons. The Kier molecular flexibility index (Phi) is 5.00. The summed E-state index contributed by atoms with van der Waals surface area (Å²) in [6.45, 7) is 2.49. The van der Waals surface area contributed by atoms with E-state index in [-0.39, 0.29) is 5.78 Å². The number of rotatable bonds is 6. The number of Topliss-reactive ketones (excluding diaryl/α,β-unsaturated/α-hetero) is 1. The zero-order chi connectivity index (χ0) is 13.7. The summed E-state index contributed by atoms with van der Waals surface area (Å²) >= 11 is 7.51. The Bertz CT molecular complexity index is 549. The summed E-state index contributed by atoms with van der Waals surface area (Å²) in [6, 6.07) is 9.41. The molecule has 2 aromatic rings. The number of ketones is 1. The van der Waals surface area contributed by atoms with Gasteiger partial charge in [0.2, 0.25) is 0 Å².